The highest BCUT2D eigenvalue weighted by molar-refractivity contribution is 5.65. The van der Waals surface area contributed by atoms with Crippen molar-refractivity contribution in [3.8, 4) is 0 Å². The second kappa shape index (κ2) is 7.14. The highest BCUT2D eigenvalue weighted by Gasteiger charge is 2.13. The lowest BCUT2D eigenvalue weighted by molar-refractivity contribution is 0.100. The van der Waals surface area contributed by atoms with E-state index in [0.717, 1.165) is 5.56 Å². The maximum atomic E-state index is 10.8. The van der Waals surface area contributed by atoms with E-state index in [1.807, 2.05) is 30.3 Å². The monoisotopic (exact) mass is 234 g/mol. The fourth-order valence-corrected chi connectivity index (χ4v) is 1.49. The summed E-state index contributed by atoms with van der Waals surface area (Å²) in [5.41, 5.74) is 14.0. The number of rotatable bonds is 6. The Morgan fingerprint density at radius 2 is 2.18 bits per heavy atom. The van der Waals surface area contributed by atoms with Gasteiger partial charge in [-0.2, -0.15) is 0 Å². The third-order valence-electron chi connectivity index (χ3n) is 2.22. The van der Waals surface area contributed by atoms with Crippen LogP contribution in [0, 0.1) is 0 Å². The molecule has 1 unspecified atom stereocenters. The summed E-state index contributed by atoms with van der Waals surface area (Å²) < 4.78 is 5.02. The van der Waals surface area contributed by atoms with Crippen LogP contribution in [0.1, 0.15) is 24.5 Å². The molecular weight excluding hydrogens is 220 g/mol. The average molecular weight is 234 g/mol. The van der Waals surface area contributed by atoms with Crippen LogP contribution in [0.5, 0.6) is 0 Å². The number of carbonyl (C=O) groups is 1. The number of azide groups is 1. The summed E-state index contributed by atoms with van der Waals surface area (Å²) in [5, 5.41) is 3.43. The molecule has 90 valence electrons. The zero-order chi connectivity index (χ0) is 12.5. The Balaban J connectivity index is 2.60. The van der Waals surface area contributed by atoms with Gasteiger partial charge in [-0.15, -0.1) is 0 Å². The van der Waals surface area contributed by atoms with Gasteiger partial charge in [-0.3, -0.25) is 0 Å². The number of carbonyl (C=O) groups excluding carboxylic acids is 1. The summed E-state index contributed by atoms with van der Waals surface area (Å²) in [4.78, 5) is 13.4. The second-order valence-corrected chi connectivity index (χ2v) is 3.43. The summed E-state index contributed by atoms with van der Waals surface area (Å²) in [5.74, 6) is 0. The third-order valence-corrected chi connectivity index (χ3v) is 2.22. The minimum absolute atomic E-state index is 0.377. The van der Waals surface area contributed by atoms with Crippen LogP contribution in [0.4, 0.5) is 4.79 Å². The molecule has 0 aliphatic carbocycles. The molecule has 0 aromatic heterocycles. The van der Waals surface area contributed by atoms with Gasteiger partial charge in [0.25, 0.3) is 0 Å². The number of benzene rings is 1. The molecule has 2 N–H and O–H groups in total. The Hall–Kier alpha value is -2.20. The molecule has 0 bridgehead atoms. The summed E-state index contributed by atoms with van der Waals surface area (Å²) >= 11 is 0. The van der Waals surface area contributed by atoms with Gasteiger partial charge in [0.15, 0.2) is 0 Å². The molecule has 0 saturated carbocycles. The molecule has 0 saturated heterocycles. The summed E-state index contributed by atoms with van der Waals surface area (Å²) in [7, 11) is 0. The van der Waals surface area contributed by atoms with Crippen molar-refractivity contribution >= 4 is 6.09 Å². The first kappa shape index (κ1) is 12.9. The van der Waals surface area contributed by atoms with Crippen LogP contribution in [0.25, 0.3) is 10.4 Å². The quantitative estimate of drug-likeness (QED) is 0.354. The van der Waals surface area contributed by atoms with Crippen LogP contribution in [0.15, 0.2) is 35.4 Å². The third kappa shape index (κ3) is 4.90. The lowest BCUT2D eigenvalue weighted by Gasteiger charge is -2.16. The maximum Gasteiger partial charge on any atom is 0.405 e. The molecule has 6 nitrogen and oxygen atoms in total. The number of hydrogen-bond donors (Lipinski definition) is 1. The maximum absolute atomic E-state index is 10.8. The van der Waals surface area contributed by atoms with Crippen LogP contribution in [-0.4, -0.2) is 12.6 Å². The van der Waals surface area contributed by atoms with E-state index >= 15 is 0 Å². The Kier molecular flexibility index (Phi) is 5.40. The molecule has 1 amide bonds. The first-order chi connectivity index (χ1) is 8.24. The molecule has 0 heterocycles. The van der Waals surface area contributed by atoms with Gasteiger partial charge in [-0.1, -0.05) is 35.4 Å². The minimum atomic E-state index is -0.803. The Morgan fingerprint density at radius 3 is 2.76 bits per heavy atom. The molecule has 1 aromatic carbocycles. The van der Waals surface area contributed by atoms with Gasteiger partial charge in [-0.05, 0) is 23.9 Å². The molecule has 0 radical (unpaired) electrons. The highest BCUT2D eigenvalue weighted by atomic mass is 16.6. The fourth-order valence-electron chi connectivity index (χ4n) is 1.49. The van der Waals surface area contributed by atoms with Crippen LogP contribution in [0.2, 0.25) is 0 Å². The van der Waals surface area contributed by atoms with Crippen LogP contribution in [-0.2, 0) is 4.74 Å². The van der Waals surface area contributed by atoms with Crippen LogP contribution < -0.4 is 5.73 Å². The van der Waals surface area contributed by atoms with Crippen molar-refractivity contribution in [1.29, 1.82) is 0 Å². The number of hydrogen-bond acceptors (Lipinski definition) is 3. The van der Waals surface area contributed by atoms with Crippen molar-refractivity contribution in [1.82, 2.24) is 0 Å². The van der Waals surface area contributed by atoms with Crippen molar-refractivity contribution in [2.45, 2.75) is 18.9 Å². The zero-order valence-corrected chi connectivity index (χ0v) is 9.32. The van der Waals surface area contributed by atoms with E-state index in [2.05, 4.69) is 10.0 Å². The smallest absolute Gasteiger partial charge is 0.405 e. The van der Waals surface area contributed by atoms with Crippen molar-refractivity contribution in [2.75, 3.05) is 6.54 Å². The van der Waals surface area contributed by atoms with E-state index in [-0.39, 0.29) is 6.10 Å². The van der Waals surface area contributed by atoms with E-state index in [1.54, 1.807) is 0 Å². The molecule has 17 heavy (non-hydrogen) atoms. The minimum Gasteiger partial charge on any atom is -0.442 e. The van der Waals surface area contributed by atoms with Gasteiger partial charge < -0.3 is 10.5 Å². The number of primary amides is 1. The molecular formula is C11H14N4O2. The molecule has 6 heteroatoms. The average Bonchev–Trinajstić information content (AvgIpc) is 2.34. The van der Waals surface area contributed by atoms with Gasteiger partial charge in [0.2, 0.25) is 0 Å². The number of ether oxygens (including phenoxy) is 1. The lowest BCUT2D eigenvalue weighted by atomic mass is 10.1. The van der Waals surface area contributed by atoms with Gasteiger partial charge >= 0.3 is 6.09 Å². The zero-order valence-electron chi connectivity index (χ0n) is 9.32. The van der Waals surface area contributed by atoms with Gasteiger partial charge in [-0.25, -0.2) is 4.79 Å². The van der Waals surface area contributed by atoms with Crippen molar-refractivity contribution in [2.24, 2.45) is 10.8 Å². The highest BCUT2D eigenvalue weighted by Crippen LogP contribution is 2.22. The predicted molar refractivity (Wildman–Crippen MR) is 63.1 cm³/mol. The van der Waals surface area contributed by atoms with Crippen molar-refractivity contribution in [3.63, 3.8) is 0 Å². The van der Waals surface area contributed by atoms with E-state index in [9.17, 15) is 4.79 Å². The van der Waals surface area contributed by atoms with Crippen LogP contribution in [0.3, 0.4) is 0 Å². The second-order valence-electron chi connectivity index (χ2n) is 3.43. The van der Waals surface area contributed by atoms with Crippen molar-refractivity contribution in [3.05, 3.63) is 46.3 Å². The molecule has 1 aromatic rings. The van der Waals surface area contributed by atoms with Gasteiger partial charge in [0.1, 0.15) is 6.10 Å². The first-order valence-corrected chi connectivity index (χ1v) is 5.26. The van der Waals surface area contributed by atoms with Gasteiger partial charge in [0, 0.05) is 11.5 Å². The van der Waals surface area contributed by atoms with E-state index in [0.29, 0.717) is 19.4 Å². The molecule has 0 spiro atoms. The lowest BCUT2D eigenvalue weighted by Crippen LogP contribution is -2.17. The van der Waals surface area contributed by atoms with Gasteiger partial charge in [0.05, 0.1) is 0 Å². The molecule has 1 rings (SSSR count). The Labute approximate surface area is 99.0 Å². The molecule has 0 aliphatic rings. The van der Waals surface area contributed by atoms with Crippen LogP contribution >= 0.6 is 0 Å². The number of amides is 1. The normalized spacial score (nSPS) is 11.3. The van der Waals surface area contributed by atoms with Crippen molar-refractivity contribution < 1.29 is 9.53 Å². The number of nitrogens with two attached hydrogens (primary N) is 1. The molecule has 0 aliphatic heterocycles. The SMILES string of the molecule is [N-]=[N+]=NCCCC(OC(N)=O)c1ccccc1. The van der Waals surface area contributed by atoms with E-state index < -0.39 is 6.09 Å². The molecule has 1 atom stereocenters. The number of nitrogens with zero attached hydrogens (tertiary/aromatic N) is 3. The largest absolute Gasteiger partial charge is 0.442 e. The summed E-state index contributed by atoms with van der Waals surface area (Å²) in [6, 6.07) is 9.33. The van der Waals surface area contributed by atoms with E-state index in [1.165, 1.54) is 0 Å². The van der Waals surface area contributed by atoms with E-state index in [4.69, 9.17) is 16.0 Å². The Morgan fingerprint density at radius 1 is 1.47 bits per heavy atom. The first-order valence-electron chi connectivity index (χ1n) is 5.26. The predicted octanol–water partition coefficient (Wildman–Crippen LogP) is 2.91. The molecule has 0 fully saturated rings. The fraction of sp³-hybridized carbons (Fsp3) is 0.364. The summed E-state index contributed by atoms with van der Waals surface area (Å²) in [6.07, 6.45) is 0.0216. The Bertz CT molecular complexity index is 401. The standard InChI is InChI=1S/C11H14N4O2/c12-11(16)17-10(7-4-8-14-15-13)9-5-2-1-3-6-9/h1-3,5-6,10H,4,7-8H2,(H2,12,16). The topological polar surface area (TPSA) is 101 Å². The summed E-state index contributed by atoms with van der Waals surface area (Å²) in [6.45, 7) is 0.377.